The van der Waals surface area contributed by atoms with E-state index in [4.69, 9.17) is 9.47 Å². The number of likely N-dealkylation sites (tertiary alicyclic amines) is 1. The smallest absolute Gasteiger partial charge is 0.227 e. The molecule has 4 rings (SSSR count). The van der Waals surface area contributed by atoms with E-state index in [9.17, 15) is 18.0 Å². The first-order valence-corrected chi connectivity index (χ1v) is 10.1. The van der Waals surface area contributed by atoms with Gasteiger partial charge < -0.3 is 14.4 Å². The average Bonchev–Trinajstić information content (AvgIpc) is 3.27. The lowest BCUT2D eigenvalue weighted by Crippen LogP contribution is -2.36. The third-order valence-corrected chi connectivity index (χ3v) is 6.38. The Hall–Kier alpha value is -2.70. The second kappa shape index (κ2) is 8.20. The molecular formula is C23H24F3NO3. The van der Waals surface area contributed by atoms with E-state index in [1.165, 1.54) is 25.3 Å². The zero-order valence-electron chi connectivity index (χ0n) is 16.8. The van der Waals surface area contributed by atoms with Crippen LogP contribution >= 0.6 is 0 Å². The lowest BCUT2D eigenvalue weighted by molar-refractivity contribution is -0.130. The van der Waals surface area contributed by atoms with E-state index in [1.54, 1.807) is 6.07 Å². The molecule has 1 heterocycles. The Morgan fingerprint density at radius 1 is 1.13 bits per heavy atom. The molecule has 1 amide bonds. The Bertz CT molecular complexity index is 951. The minimum absolute atomic E-state index is 0.0545. The fourth-order valence-electron chi connectivity index (χ4n) is 4.74. The Labute approximate surface area is 173 Å². The van der Waals surface area contributed by atoms with Crippen molar-refractivity contribution in [1.29, 1.82) is 0 Å². The van der Waals surface area contributed by atoms with Crippen molar-refractivity contribution in [2.45, 2.75) is 25.7 Å². The number of halogens is 3. The fourth-order valence-corrected chi connectivity index (χ4v) is 4.74. The minimum atomic E-state index is -0.942. The number of methoxy groups -OCH3 is 1. The Kier molecular flexibility index (Phi) is 5.62. The molecule has 0 bridgehead atoms. The van der Waals surface area contributed by atoms with Crippen molar-refractivity contribution in [3.8, 4) is 11.5 Å². The topological polar surface area (TPSA) is 38.8 Å². The van der Waals surface area contributed by atoms with E-state index in [0.29, 0.717) is 31.2 Å². The number of hydrogen-bond acceptors (Lipinski definition) is 3. The quantitative estimate of drug-likeness (QED) is 0.698. The summed E-state index contributed by atoms with van der Waals surface area (Å²) in [6.07, 6.45) is 3.09. The van der Waals surface area contributed by atoms with E-state index >= 15 is 0 Å². The van der Waals surface area contributed by atoms with Gasteiger partial charge in [0.1, 0.15) is 5.75 Å². The van der Waals surface area contributed by atoms with E-state index < -0.39 is 17.5 Å². The summed E-state index contributed by atoms with van der Waals surface area (Å²) in [5.74, 6) is -1.66. The molecule has 1 aliphatic heterocycles. The number of carbonyl (C=O) groups excluding carboxylic acids is 1. The van der Waals surface area contributed by atoms with Gasteiger partial charge >= 0.3 is 0 Å². The molecule has 7 heteroatoms. The molecule has 2 fully saturated rings. The number of carbonyl (C=O) groups is 1. The number of nitrogens with zero attached hydrogens (tertiary/aromatic N) is 1. The van der Waals surface area contributed by atoms with Crippen molar-refractivity contribution >= 4 is 5.91 Å². The van der Waals surface area contributed by atoms with Crippen molar-refractivity contribution in [1.82, 2.24) is 4.90 Å². The molecule has 0 radical (unpaired) electrons. The summed E-state index contributed by atoms with van der Waals surface area (Å²) in [7, 11) is 1.40. The van der Waals surface area contributed by atoms with Crippen LogP contribution in [0.3, 0.4) is 0 Å². The molecule has 2 aromatic rings. The highest BCUT2D eigenvalue weighted by Gasteiger charge is 2.51. The molecule has 2 atom stereocenters. The van der Waals surface area contributed by atoms with E-state index in [0.717, 1.165) is 31.4 Å². The van der Waals surface area contributed by atoms with Crippen LogP contribution in [0.25, 0.3) is 0 Å². The number of benzene rings is 2. The maximum Gasteiger partial charge on any atom is 0.227 e. The Balaban J connectivity index is 1.41. The summed E-state index contributed by atoms with van der Waals surface area (Å²) in [5, 5.41) is 0. The van der Waals surface area contributed by atoms with Crippen LogP contribution in [0.2, 0.25) is 0 Å². The fraction of sp³-hybridized carbons (Fsp3) is 0.435. The van der Waals surface area contributed by atoms with Crippen LogP contribution in [0.1, 0.15) is 24.8 Å². The lowest BCUT2D eigenvalue weighted by Gasteiger charge is -2.28. The first kappa shape index (κ1) is 20.6. The molecular weight excluding hydrogens is 395 g/mol. The third kappa shape index (κ3) is 3.98. The molecule has 30 heavy (non-hydrogen) atoms. The van der Waals surface area contributed by atoms with Crippen molar-refractivity contribution in [3.05, 3.63) is 59.4 Å². The monoisotopic (exact) mass is 419 g/mol. The summed E-state index contributed by atoms with van der Waals surface area (Å²) in [5.41, 5.74) is 0.411. The van der Waals surface area contributed by atoms with Crippen LogP contribution in [0.4, 0.5) is 13.2 Å². The molecule has 4 nitrogen and oxygen atoms in total. The van der Waals surface area contributed by atoms with Gasteiger partial charge in [-0.1, -0.05) is 12.5 Å². The lowest BCUT2D eigenvalue weighted by atomic mass is 9.81. The summed E-state index contributed by atoms with van der Waals surface area (Å²) in [6, 6.07) is 8.05. The van der Waals surface area contributed by atoms with Crippen molar-refractivity contribution in [2.24, 2.45) is 11.3 Å². The summed E-state index contributed by atoms with van der Waals surface area (Å²) in [4.78, 5) is 14.7. The van der Waals surface area contributed by atoms with Crippen LogP contribution in [0.5, 0.6) is 11.5 Å². The first-order chi connectivity index (χ1) is 14.4. The van der Waals surface area contributed by atoms with Crippen molar-refractivity contribution in [3.63, 3.8) is 0 Å². The molecule has 1 aliphatic carbocycles. The highest BCUT2D eigenvalue weighted by Crippen LogP contribution is 2.49. The highest BCUT2D eigenvalue weighted by atomic mass is 19.2. The molecule has 1 saturated carbocycles. The van der Waals surface area contributed by atoms with Crippen LogP contribution in [-0.4, -0.2) is 37.6 Å². The van der Waals surface area contributed by atoms with Crippen LogP contribution in [-0.2, 0) is 11.2 Å². The van der Waals surface area contributed by atoms with Crippen LogP contribution in [0, 0.1) is 28.8 Å². The molecule has 2 aliphatic rings. The Morgan fingerprint density at radius 3 is 2.70 bits per heavy atom. The standard InChI is InChI=1S/C23H24F3NO3/c1-29-21-7-4-15(9-20(21)26)10-22(28)27-12-16-3-2-8-23(16,13-27)14-30-17-5-6-18(24)19(25)11-17/h4-7,9,11,16H,2-3,8,10,12-14H2,1H3. The number of ether oxygens (including phenoxy) is 2. The molecule has 1 saturated heterocycles. The van der Waals surface area contributed by atoms with E-state index in [-0.39, 0.29) is 29.2 Å². The van der Waals surface area contributed by atoms with Gasteiger partial charge in [0.15, 0.2) is 23.2 Å². The second-order valence-electron chi connectivity index (χ2n) is 8.24. The van der Waals surface area contributed by atoms with E-state index in [2.05, 4.69) is 0 Å². The van der Waals surface area contributed by atoms with Gasteiger partial charge in [0, 0.05) is 24.6 Å². The molecule has 0 N–H and O–H groups in total. The summed E-state index contributed by atoms with van der Waals surface area (Å²) >= 11 is 0. The van der Waals surface area contributed by atoms with Gasteiger partial charge in [0.2, 0.25) is 5.91 Å². The zero-order valence-corrected chi connectivity index (χ0v) is 16.8. The van der Waals surface area contributed by atoms with Gasteiger partial charge in [-0.3, -0.25) is 4.79 Å². The molecule has 0 aromatic heterocycles. The molecule has 160 valence electrons. The third-order valence-electron chi connectivity index (χ3n) is 6.38. The maximum atomic E-state index is 13.9. The van der Waals surface area contributed by atoms with Gasteiger partial charge in [-0.15, -0.1) is 0 Å². The van der Waals surface area contributed by atoms with Gasteiger partial charge in [-0.2, -0.15) is 0 Å². The van der Waals surface area contributed by atoms with Crippen LogP contribution < -0.4 is 9.47 Å². The summed E-state index contributed by atoms with van der Waals surface area (Å²) < 4.78 is 51.2. The highest BCUT2D eigenvalue weighted by molar-refractivity contribution is 5.79. The predicted molar refractivity (Wildman–Crippen MR) is 105 cm³/mol. The number of rotatable bonds is 6. The van der Waals surface area contributed by atoms with Gasteiger partial charge in [0.05, 0.1) is 20.1 Å². The van der Waals surface area contributed by atoms with E-state index in [1.807, 2.05) is 4.90 Å². The maximum absolute atomic E-state index is 13.9. The first-order valence-electron chi connectivity index (χ1n) is 10.1. The molecule has 2 aromatic carbocycles. The Morgan fingerprint density at radius 2 is 1.97 bits per heavy atom. The molecule has 2 unspecified atom stereocenters. The zero-order chi connectivity index (χ0) is 21.3. The molecule has 0 spiro atoms. The average molecular weight is 419 g/mol. The van der Waals surface area contributed by atoms with Crippen molar-refractivity contribution in [2.75, 3.05) is 26.8 Å². The van der Waals surface area contributed by atoms with Crippen molar-refractivity contribution < 1.29 is 27.4 Å². The SMILES string of the molecule is COc1ccc(CC(=O)N2CC3CCCC3(COc3ccc(F)c(F)c3)C2)cc1F. The van der Waals surface area contributed by atoms with Gasteiger partial charge in [-0.05, 0) is 48.6 Å². The number of amides is 1. The number of hydrogen-bond donors (Lipinski definition) is 0. The van der Waals surface area contributed by atoms with Gasteiger partial charge in [-0.25, -0.2) is 13.2 Å². The second-order valence-corrected chi connectivity index (χ2v) is 8.24. The normalized spacial score (nSPS) is 22.8. The predicted octanol–water partition coefficient (Wildman–Crippen LogP) is 4.36. The largest absolute Gasteiger partial charge is 0.494 e. The minimum Gasteiger partial charge on any atom is -0.494 e. The summed E-state index contributed by atoms with van der Waals surface area (Å²) in [6.45, 7) is 1.54. The van der Waals surface area contributed by atoms with Crippen LogP contribution in [0.15, 0.2) is 36.4 Å². The van der Waals surface area contributed by atoms with Gasteiger partial charge in [0.25, 0.3) is 0 Å². The number of fused-ring (bicyclic) bond motifs is 1.